The number of hydrogen-bond donors (Lipinski definition) is 1. The first-order chi connectivity index (χ1) is 13.7. The maximum absolute atomic E-state index is 12.6. The Hall–Kier alpha value is -3.34. The van der Waals surface area contributed by atoms with Crippen LogP contribution in [0.2, 0.25) is 0 Å². The first-order valence-corrected chi connectivity index (χ1v) is 9.47. The molecule has 0 atom stereocenters. The minimum atomic E-state index is -0.0292. The van der Waals surface area contributed by atoms with Crippen molar-refractivity contribution < 1.29 is 9.53 Å². The first-order valence-electron chi connectivity index (χ1n) is 9.47. The number of para-hydroxylation sites is 3. The zero-order valence-corrected chi connectivity index (χ0v) is 16.3. The SMILES string of the molecule is CCCCN(C)C(=O)c1cncc(Nc2ccccc2Oc2ccccc2)c1. The molecule has 28 heavy (non-hydrogen) atoms. The fourth-order valence-corrected chi connectivity index (χ4v) is 2.77. The van der Waals surface area contributed by atoms with Gasteiger partial charge in [0.15, 0.2) is 5.75 Å². The quantitative estimate of drug-likeness (QED) is 0.566. The number of nitrogens with one attached hydrogen (secondary N) is 1. The highest BCUT2D eigenvalue weighted by atomic mass is 16.5. The van der Waals surface area contributed by atoms with Crippen LogP contribution in [0.3, 0.4) is 0 Å². The van der Waals surface area contributed by atoms with Gasteiger partial charge in [-0.3, -0.25) is 9.78 Å². The molecule has 0 saturated carbocycles. The van der Waals surface area contributed by atoms with Crippen LogP contribution in [-0.2, 0) is 0 Å². The van der Waals surface area contributed by atoms with E-state index in [0.29, 0.717) is 11.3 Å². The molecular weight excluding hydrogens is 350 g/mol. The van der Waals surface area contributed by atoms with Gasteiger partial charge in [-0.1, -0.05) is 43.7 Å². The van der Waals surface area contributed by atoms with Crippen molar-refractivity contribution in [2.24, 2.45) is 0 Å². The lowest BCUT2D eigenvalue weighted by atomic mass is 10.2. The molecule has 1 heterocycles. The summed E-state index contributed by atoms with van der Waals surface area (Å²) >= 11 is 0. The molecule has 0 unspecified atom stereocenters. The summed E-state index contributed by atoms with van der Waals surface area (Å²) in [6, 6.07) is 19.1. The molecule has 1 aromatic heterocycles. The van der Waals surface area contributed by atoms with Gasteiger partial charge in [0.05, 0.1) is 23.1 Å². The molecule has 0 fully saturated rings. The summed E-state index contributed by atoms with van der Waals surface area (Å²) in [4.78, 5) is 18.6. The van der Waals surface area contributed by atoms with Gasteiger partial charge in [-0.2, -0.15) is 0 Å². The fourth-order valence-electron chi connectivity index (χ4n) is 2.77. The molecule has 5 nitrogen and oxygen atoms in total. The number of anilines is 2. The molecule has 3 aromatic rings. The Kier molecular flexibility index (Phi) is 6.63. The highest BCUT2D eigenvalue weighted by molar-refractivity contribution is 5.94. The number of amides is 1. The Morgan fingerprint density at radius 1 is 1.07 bits per heavy atom. The molecule has 2 aromatic carbocycles. The number of ether oxygens (including phenoxy) is 1. The van der Waals surface area contributed by atoms with Gasteiger partial charge < -0.3 is 15.0 Å². The largest absolute Gasteiger partial charge is 0.455 e. The smallest absolute Gasteiger partial charge is 0.255 e. The predicted octanol–water partition coefficient (Wildman–Crippen LogP) is 5.49. The van der Waals surface area contributed by atoms with Crippen molar-refractivity contribution in [3.63, 3.8) is 0 Å². The third-order valence-electron chi connectivity index (χ3n) is 4.32. The standard InChI is InChI=1S/C23H25N3O2/c1-3-4-14-26(2)23(27)18-15-19(17-24-16-18)25-21-12-8-9-13-22(21)28-20-10-6-5-7-11-20/h5-13,15-17,25H,3-4,14H2,1-2H3. The number of aromatic nitrogens is 1. The van der Waals surface area contributed by atoms with Gasteiger partial charge in [0.2, 0.25) is 0 Å². The van der Waals surface area contributed by atoms with Crippen molar-refractivity contribution in [1.29, 1.82) is 0 Å². The molecule has 0 spiro atoms. The van der Waals surface area contributed by atoms with Gasteiger partial charge in [0, 0.05) is 19.8 Å². The van der Waals surface area contributed by atoms with Gasteiger partial charge in [-0.15, -0.1) is 0 Å². The Balaban J connectivity index is 1.77. The molecule has 1 amide bonds. The maximum Gasteiger partial charge on any atom is 0.255 e. The van der Waals surface area contributed by atoms with Gasteiger partial charge >= 0.3 is 0 Å². The summed E-state index contributed by atoms with van der Waals surface area (Å²) in [6.07, 6.45) is 5.33. The van der Waals surface area contributed by atoms with E-state index >= 15 is 0 Å². The zero-order chi connectivity index (χ0) is 19.8. The van der Waals surface area contributed by atoms with E-state index < -0.39 is 0 Å². The number of nitrogens with zero attached hydrogens (tertiary/aromatic N) is 2. The minimum absolute atomic E-state index is 0.0292. The van der Waals surface area contributed by atoms with Crippen LogP contribution in [0.25, 0.3) is 0 Å². The first kappa shape index (κ1) is 19.4. The van der Waals surface area contributed by atoms with E-state index in [-0.39, 0.29) is 5.91 Å². The number of hydrogen-bond acceptors (Lipinski definition) is 4. The molecule has 144 valence electrons. The van der Waals surface area contributed by atoms with Crippen molar-refractivity contribution in [2.45, 2.75) is 19.8 Å². The Morgan fingerprint density at radius 3 is 2.61 bits per heavy atom. The molecule has 5 heteroatoms. The van der Waals surface area contributed by atoms with E-state index in [1.807, 2.05) is 67.7 Å². The van der Waals surface area contributed by atoms with Gasteiger partial charge in [0.25, 0.3) is 5.91 Å². The van der Waals surface area contributed by atoms with E-state index in [9.17, 15) is 4.79 Å². The monoisotopic (exact) mass is 375 g/mol. The summed E-state index contributed by atoms with van der Waals surface area (Å²) < 4.78 is 5.98. The zero-order valence-electron chi connectivity index (χ0n) is 16.3. The fraction of sp³-hybridized carbons (Fsp3) is 0.217. The Labute approximate surface area is 166 Å². The number of rotatable bonds is 8. The van der Waals surface area contributed by atoms with Crippen molar-refractivity contribution in [3.05, 3.63) is 78.6 Å². The van der Waals surface area contributed by atoms with Crippen LogP contribution in [0.1, 0.15) is 30.1 Å². The third-order valence-corrected chi connectivity index (χ3v) is 4.32. The van der Waals surface area contributed by atoms with Crippen LogP contribution < -0.4 is 10.1 Å². The number of benzene rings is 2. The van der Waals surface area contributed by atoms with Crippen LogP contribution in [0.5, 0.6) is 11.5 Å². The number of unbranched alkanes of at least 4 members (excludes halogenated alkanes) is 1. The van der Waals surface area contributed by atoms with Gasteiger partial charge in [-0.25, -0.2) is 0 Å². The molecule has 1 N–H and O–H groups in total. The summed E-state index contributed by atoms with van der Waals surface area (Å²) in [7, 11) is 1.82. The van der Waals surface area contributed by atoms with Gasteiger partial charge in [0.1, 0.15) is 5.75 Å². The molecule has 0 aliphatic rings. The van der Waals surface area contributed by atoms with Crippen molar-refractivity contribution >= 4 is 17.3 Å². The summed E-state index contributed by atoms with van der Waals surface area (Å²) in [5.74, 6) is 1.43. The Bertz CT molecular complexity index is 912. The molecule has 0 radical (unpaired) electrons. The number of pyridine rings is 1. The van der Waals surface area contributed by atoms with Crippen molar-refractivity contribution in [2.75, 3.05) is 18.9 Å². The minimum Gasteiger partial charge on any atom is -0.455 e. The van der Waals surface area contributed by atoms with Crippen LogP contribution >= 0.6 is 0 Å². The van der Waals surface area contributed by atoms with E-state index in [2.05, 4.69) is 17.2 Å². The molecular formula is C23H25N3O2. The average molecular weight is 375 g/mol. The second kappa shape index (κ2) is 9.55. The van der Waals surface area contributed by atoms with Crippen molar-refractivity contribution in [3.8, 4) is 11.5 Å². The van der Waals surface area contributed by atoms with Crippen LogP contribution in [0.15, 0.2) is 73.1 Å². The highest BCUT2D eigenvalue weighted by Crippen LogP contribution is 2.31. The maximum atomic E-state index is 12.6. The Morgan fingerprint density at radius 2 is 1.82 bits per heavy atom. The number of carbonyl (C=O) groups excluding carboxylic acids is 1. The van der Waals surface area contributed by atoms with Gasteiger partial charge in [-0.05, 0) is 36.8 Å². The van der Waals surface area contributed by atoms with Crippen LogP contribution in [-0.4, -0.2) is 29.4 Å². The molecule has 0 aliphatic heterocycles. The lowest BCUT2D eigenvalue weighted by molar-refractivity contribution is 0.0793. The second-order valence-electron chi connectivity index (χ2n) is 6.58. The summed E-state index contributed by atoms with van der Waals surface area (Å²) in [6.45, 7) is 2.85. The lowest BCUT2D eigenvalue weighted by Gasteiger charge is -2.17. The molecule has 3 rings (SSSR count). The number of carbonyl (C=O) groups is 1. The summed E-state index contributed by atoms with van der Waals surface area (Å²) in [5.41, 5.74) is 2.10. The molecule has 0 bridgehead atoms. The predicted molar refractivity (Wildman–Crippen MR) is 112 cm³/mol. The molecule has 0 aliphatic carbocycles. The molecule has 0 saturated heterocycles. The van der Waals surface area contributed by atoms with E-state index in [1.165, 1.54) is 0 Å². The van der Waals surface area contributed by atoms with Crippen LogP contribution in [0, 0.1) is 0 Å². The average Bonchev–Trinajstić information content (AvgIpc) is 2.74. The van der Waals surface area contributed by atoms with E-state index in [0.717, 1.165) is 36.5 Å². The lowest BCUT2D eigenvalue weighted by Crippen LogP contribution is -2.27. The topological polar surface area (TPSA) is 54.5 Å². The second-order valence-corrected chi connectivity index (χ2v) is 6.58. The third kappa shape index (κ3) is 5.10. The van der Waals surface area contributed by atoms with Crippen molar-refractivity contribution in [1.82, 2.24) is 9.88 Å². The van der Waals surface area contributed by atoms with Crippen LogP contribution in [0.4, 0.5) is 11.4 Å². The normalized spacial score (nSPS) is 10.4. The highest BCUT2D eigenvalue weighted by Gasteiger charge is 2.13. The van der Waals surface area contributed by atoms with E-state index in [1.54, 1.807) is 17.3 Å². The summed E-state index contributed by atoms with van der Waals surface area (Å²) in [5, 5.41) is 3.31. The van der Waals surface area contributed by atoms with E-state index in [4.69, 9.17) is 4.74 Å².